The molecule has 2 amide bonds. The third-order valence-corrected chi connectivity index (χ3v) is 5.32. The summed E-state index contributed by atoms with van der Waals surface area (Å²) in [5, 5.41) is 9.29. The molecule has 1 saturated carbocycles. The summed E-state index contributed by atoms with van der Waals surface area (Å²) in [6.45, 7) is 0. The molecule has 3 aliphatic rings. The lowest BCUT2D eigenvalue weighted by Crippen LogP contribution is -2.57. The molecular weight excluding hydrogens is 298 g/mol. The second-order valence-electron chi connectivity index (χ2n) is 6.16. The highest BCUT2D eigenvalue weighted by Gasteiger charge is 2.42. The number of carbonyl (C=O) groups excluding carboxylic acids is 2. The smallest absolute Gasteiger partial charge is 0.251 e. The highest BCUT2D eigenvalue weighted by atomic mass is 32.2. The number of nitrogens with one attached hydrogen (secondary N) is 1. The molecule has 22 heavy (non-hydrogen) atoms. The number of thioether (sulfide) groups is 1. The average Bonchev–Trinajstić information content (AvgIpc) is 2.54. The van der Waals surface area contributed by atoms with Crippen LogP contribution in [0.4, 0.5) is 0 Å². The fraction of sp³-hybridized carbons (Fsp3) is 0.688. The first kappa shape index (κ1) is 15.6. The third kappa shape index (κ3) is 3.07. The lowest BCUT2D eigenvalue weighted by molar-refractivity contribution is -0.143. The summed E-state index contributed by atoms with van der Waals surface area (Å²) in [5.74, 6) is 0.0345. The molecule has 0 aromatic heterocycles. The molecule has 2 aliphatic heterocycles. The van der Waals surface area contributed by atoms with Crippen molar-refractivity contribution in [2.45, 2.75) is 57.4 Å². The van der Waals surface area contributed by atoms with E-state index in [0.717, 1.165) is 38.5 Å². The minimum Gasteiger partial charge on any atom is -0.302 e. The Hall–Kier alpha value is -1.30. The summed E-state index contributed by atoms with van der Waals surface area (Å²) in [6.07, 6.45) is 11.9. The van der Waals surface area contributed by atoms with Crippen molar-refractivity contribution in [3.63, 3.8) is 0 Å². The number of hydrogen-bond donors (Lipinski definition) is 1. The normalized spacial score (nSPS) is 32.1. The Labute approximate surface area is 135 Å². The first-order chi connectivity index (χ1) is 10.7. The SMILES string of the molecule is CSC1=NN2C(=O)CCCC/C=C3\CCCCC3C2C(=O)N1. The van der Waals surface area contributed by atoms with Gasteiger partial charge in [0.05, 0.1) is 0 Å². The fourth-order valence-corrected chi connectivity index (χ4v) is 4.00. The maximum Gasteiger partial charge on any atom is 0.251 e. The van der Waals surface area contributed by atoms with Crippen LogP contribution in [0.2, 0.25) is 0 Å². The molecule has 2 atom stereocenters. The maximum absolute atomic E-state index is 12.6. The minimum absolute atomic E-state index is 0.0155. The van der Waals surface area contributed by atoms with Gasteiger partial charge in [0.15, 0.2) is 5.17 Å². The van der Waals surface area contributed by atoms with Gasteiger partial charge >= 0.3 is 0 Å². The average molecular weight is 321 g/mol. The number of nitrogens with zero attached hydrogens (tertiary/aromatic N) is 2. The number of allylic oxidation sites excluding steroid dienone is 1. The fourth-order valence-electron chi connectivity index (χ4n) is 3.63. The van der Waals surface area contributed by atoms with Gasteiger partial charge in [-0.2, -0.15) is 0 Å². The van der Waals surface area contributed by atoms with E-state index < -0.39 is 6.04 Å². The number of amidine groups is 1. The number of fused-ring (bicyclic) bond motifs is 3. The van der Waals surface area contributed by atoms with E-state index in [9.17, 15) is 9.59 Å². The molecule has 0 aromatic carbocycles. The molecular formula is C16H23N3O2S. The van der Waals surface area contributed by atoms with E-state index in [-0.39, 0.29) is 17.7 Å². The van der Waals surface area contributed by atoms with Crippen LogP contribution >= 0.6 is 11.8 Å². The van der Waals surface area contributed by atoms with Gasteiger partial charge in [0, 0.05) is 12.3 Å². The van der Waals surface area contributed by atoms with Gasteiger partial charge in [-0.15, -0.1) is 5.10 Å². The van der Waals surface area contributed by atoms with Gasteiger partial charge < -0.3 is 5.32 Å². The molecule has 5 nitrogen and oxygen atoms in total. The summed E-state index contributed by atoms with van der Waals surface area (Å²) >= 11 is 1.37. The van der Waals surface area contributed by atoms with E-state index in [1.54, 1.807) is 0 Å². The molecule has 120 valence electrons. The highest BCUT2D eigenvalue weighted by Crippen LogP contribution is 2.36. The van der Waals surface area contributed by atoms with E-state index >= 15 is 0 Å². The summed E-state index contributed by atoms with van der Waals surface area (Å²) in [5.41, 5.74) is 1.36. The predicted molar refractivity (Wildman–Crippen MR) is 88.2 cm³/mol. The quantitative estimate of drug-likeness (QED) is 0.698. The molecule has 0 saturated heterocycles. The Kier molecular flexibility index (Phi) is 4.86. The third-order valence-electron chi connectivity index (χ3n) is 4.75. The van der Waals surface area contributed by atoms with Gasteiger partial charge in [-0.1, -0.05) is 29.8 Å². The molecule has 1 N–H and O–H groups in total. The van der Waals surface area contributed by atoms with E-state index in [0.29, 0.717) is 11.6 Å². The first-order valence-corrected chi connectivity index (χ1v) is 9.37. The Morgan fingerprint density at radius 1 is 1.23 bits per heavy atom. The second kappa shape index (κ2) is 6.86. The zero-order valence-corrected chi connectivity index (χ0v) is 13.8. The van der Waals surface area contributed by atoms with Crippen molar-refractivity contribution in [3.8, 4) is 0 Å². The number of hydrogen-bond acceptors (Lipinski definition) is 4. The summed E-state index contributed by atoms with van der Waals surface area (Å²) in [7, 11) is 0. The number of carbonyl (C=O) groups is 2. The predicted octanol–water partition coefficient (Wildman–Crippen LogP) is 2.64. The van der Waals surface area contributed by atoms with E-state index in [2.05, 4.69) is 16.5 Å². The monoisotopic (exact) mass is 321 g/mol. The lowest BCUT2D eigenvalue weighted by Gasteiger charge is -2.39. The molecule has 2 heterocycles. The van der Waals surface area contributed by atoms with Crippen LogP contribution < -0.4 is 5.32 Å². The van der Waals surface area contributed by atoms with Crippen LogP contribution in [0.5, 0.6) is 0 Å². The molecule has 1 fully saturated rings. The van der Waals surface area contributed by atoms with Crippen molar-refractivity contribution in [1.29, 1.82) is 0 Å². The second-order valence-corrected chi connectivity index (χ2v) is 6.95. The van der Waals surface area contributed by atoms with Gasteiger partial charge in [0.2, 0.25) is 5.91 Å². The standard InChI is InChI=1S/C16H23N3O2S/c1-22-16-17-15(21)14-12-9-6-5-8-11(12)7-3-2-4-10-13(20)19(14)18-16/h7,12,14H,2-6,8-10H2,1H3,(H,17,18,21)/b11-7+. The summed E-state index contributed by atoms with van der Waals surface area (Å²) < 4.78 is 0. The Morgan fingerprint density at radius 3 is 2.86 bits per heavy atom. The molecule has 0 aromatic rings. The zero-order chi connectivity index (χ0) is 15.5. The van der Waals surface area contributed by atoms with Crippen molar-refractivity contribution in [3.05, 3.63) is 11.6 Å². The van der Waals surface area contributed by atoms with Crippen LogP contribution in [0.1, 0.15) is 51.4 Å². The summed E-state index contributed by atoms with van der Waals surface area (Å²) in [6, 6.07) is -0.465. The Balaban J connectivity index is 1.99. The zero-order valence-electron chi connectivity index (χ0n) is 13.0. The van der Waals surface area contributed by atoms with Gasteiger partial charge in [-0.3, -0.25) is 9.59 Å². The molecule has 0 radical (unpaired) electrons. The van der Waals surface area contributed by atoms with Gasteiger partial charge in [0.1, 0.15) is 6.04 Å². The van der Waals surface area contributed by atoms with Crippen LogP contribution in [-0.4, -0.2) is 34.3 Å². The lowest BCUT2D eigenvalue weighted by atomic mass is 9.78. The molecule has 1 aliphatic carbocycles. The van der Waals surface area contributed by atoms with Crippen molar-refractivity contribution in [1.82, 2.24) is 10.3 Å². The van der Waals surface area contributed by atoms with Crippen LogP contribution in [-0.2, 0) is 9.59 Å². The van der Waals surface area contributed by atoms with Gasteiger partial charge in [0.25, 0.3) is 5.91 Å². The topological polar surface area (TPSA) is 61.8 Å². The molecule has 0 bridgehead atoms. The number of amides is 2. The van der Waals surface area contributed by atoms with Gasteiger partial charge in [-0.05, 0) is 44.8 Å². The Bertz CT molecular complexity index is 529. The largest absolute Gasteiger partial charge is 0.302 e. The van der Waals surface area contributed by atoms with Crippen LogP contribution in [0.15, 0.2) is 16.8 Å². The van der Waals surface area contributed by atoms with E-state index in [1.807, 2.05) is 6.26 Å². The van der Waals surface area contributed by atoms with Crippen molar-refractivity contribution in [2.75, 3.05) is 6.26 Å². The number of hydrazone groups is 1. The molecule has 2 unspecified atom stereocenters. The van der Waals surface area contributed by atoms with Crippen LogP contribution in [0.3, 0.4) is 0 Å². The highest BCUT2D eigenvalue weighted by molar-refractivity contribution is 8.13. The molecule has 6 heteroatoms. The van der Waals surface area contributed by atoms with E-state index in [4.69, 9.17) is 0 Å². The van der Waals surface area contributed by atoms with Crippen molar-refractivity contribution < 1.29 is 9.59 Å². The van der Waals surface area contributed by atoms with Crippen molar-refractivity contribution >= 4 is 28.7 Å². The number of rotatable bonds is 0. The Morgan fingerprint density at radius 2 is 2.05 bits per heavy atom. The van der Waals surface area contributed by atoms with Gasteiger partial charge in [-0.25, -0.2) is 5.01 Å². The molecule has 0 spiro atoms. The van der Waals surface area contributed by atoms with Crippen LogP contribution in [0.25, 0.3) is 0 Å². The van der Waals surface area contributed by atoms with Crippen LogP contribution in [0, 0.1) is 5.92 Å². The van der Waals surface area contributed by atoms with E-state index in [1.165, 1.54) is 28.8 Å². The molecule has 3 rings (SSSR count). The first-order valence-electron chi connectivity index (χ1n) is 8.15. The maximum atomic E-state index is 12.6. The minimum atomic E-state index is -0.465. The summed E-state index contributed by atoms with van der Waals surface area (Å²) in [4.78, 5) is 25.2. The van der Waals surface area contributed by atoms with Crippen molar-refractivity contribution in [2.24, 2.45) is 11.0 Å².